The van der Waals surface area contributed by atoms with E-state index in [9.17, 15) is 10.1 Å². The van der Waals surface area contributed by atoms with Crippen molar-refractivity contribution in [3.05, 3.63) is 0 Å². The largest absolute Gasteiger partial charge is 0.373 e. The van der Waals surface area contributed by atoms with Gasteiger partial charge in [-0.2, -0.15) is 5.26 Å². The van der Waals surface area contributed by atoms with Crippen molar-refractivity contribution >= 4 is 5.91 Å². The number of nitrogens with zero attached hydrogens (tertiary/aromatic N) is 2. The lowest BCUT2D eigenvalue weighted by Gasteiger charge is -2.39. The van der Waals surface area contributed by atoms with Crippen molar-refractivity contribution in [1.29, 1.82) is 5.26 Å². The molecule has 114 valence electrons. The first-order valence-corrected chi connectivity index (χ1v) is 7.32. The van der Waals surface area contributed by atoms with Gasteiger partial charge in [-0.25, -0.2) is 0 Å². The standard InChI is InChI=1S/C15H27N3O2/c1-10(2)15(6,9-16)17-14(19)13(5)18-7-11(3)20-12(4)8-18/h10-13H,7-8H2,1-6H3,(H,17,19). The van der Waals surface area contributed by atoms with Gasteiger partial charge in [-0.1, -0.05) is 13.8 Å². The Balaban J connectivity index is 2.70. The number of rotatable bonds is 4. The number of carbonyl (C=O) groups excluding carboxylic acids is 1. The summed E-state index contributed by atoms with van der Waals surface area (Å²) in [6.07, 6.45) is 0.253. The second-order valence-electron chi connectivity index (χ2n) is 6.35. The van der Waals surface area contributed by atoms with Crippen LogP contribution in [0.15, 0.2) is 0 Å². The normalized spacial score (nSPS) is 28.5. The third kappa shape index (κ3) is 3.94. The topological polar surface area (TPSA) is 65.4 Å². The van der Waals surface area contributed by atoms with E-state index >= 15 is 0 Å². The minimum Gasteiger partial charge on any atom is -0.373 e. The highest BCUT2D eigenvalue weighted by Gasteiger charge is 2.35. The van der Waals surface area contributed by atoms with Crippen molar-refractivity contribution in [2.45, 2.75) is 65.3 Å². The molecule has 4 atom stereocenters. The average molecular weight is 281 g/mol. The van der Waals surface area contributed by atoms with E-state index in [2.05, 4.69) is 16.3 Å². The van der Waals surface area contributed by atoms with E-state index in [0.717, 1.165) is 13.1 Å². The fraction of sp³-hybridized carbons (Fsp3) is 0.867. The van der Waals surface area contributed by atoms with E-state index in [1.165, 1.54) is 0 Å². The molecule has 5 heteroatoms. The highest BCUT2D eigenvalue weighted by atomic mass is 16.5. The molecule has 20 heavy (non-hydrogen) atoms. The molecule has 0 saturated carbocycles. The molecule has 1 amide bonds. The molecule has 5 nitrogen and oxygen atoms in total. The molecule has 0 bridgehead atoms. The molecule has 4 unspecified atom stereocenters. The van der Waals surface area contributed by atoms with Crippen LogP contribution in [0.25, 0.3) is 0 Å². The number of carbonyl (C=O) groups is 1. The summed E-state index contributed by atoms with van der Waals surface area (Å²) in [5.74, 6) is -0.0322. The monoisotopic (exact) mass is 281 g/mol. The van der Waals surface area contributed by atoms with Gasteiger partial charge in [-0.15, -0.1) is 0 Å². The van der Waals surface area contributed by atoms with E-state index in [0.29, 0.717) is 0 Å². The van der Waals surface area contributed by atoms with Crippen LogP contribution in [-0.2, 0) is 9.53 Å². The zero-order valence-corrected chi connectivity index (χ0v) is 13.4. The van der Waals surface area contributed by atoms with Gasteiger partial charge in [0, 0.05) is 13.1 Å². The summed E-state index contributed by atoms with van der Waals surface area (Å²) in [7, 11) is 0. The van der Waals surface area contributed by atoms with Crippen molar-refractivity contribution in [2.75, 3.05) is 13.1 Å². The molecule has 0 aromatic heterocycles. The van der Waals surface area contributed by atoms with E-state index in [1.807, 2.05) is 34.6 Å². The maximum Gasteiger partial charge on any atom is 0.238 e. The Labute approximate surface area is 122 Å². The minimum absolute atomic E-state index is 0.0613. The number of nitrogens with one attached hydrogen (secondary N) is 1. The Morgan fingerprint density at radius 3 is 2.25 bits per heavy atom. The van der Waals surface area contributed by atoms with Crippen LogP contribution in [0.1, 0.15) is 41.5 Å². The van der Waals surface area contributed by atoms with Crippen molar-refractivity contribution < 1.29 is 9.53 Å². The van der Waals surface area contributed by atoms with Crippen LogP contribution < -0.4 is 5.32 Å². The van der Waals surface area contributed by atoms with E-state index in [4.69, 9.17) is 4.74 Å². The van der Waals surface area contributed by atoms with Gasteiger partial charge in [0.25, 0.3) is 0 Å². The Bertz CT molecular complexity index is 381. The van der Waals surface area contributed by atoms with Gasteiger partial charge in [0.15, 0.2) is 0 Å². The van der Waals surface area contributed by atoms with Crippen molar-refractivity contribution in [1.82, 2.24) is 10.2 Å². The number of hydrogen-bond acceptors (Lipinski definition) is 4. The lowest BCUT2D eigenvalue weighted by atomic mass is 9.89. The first-order valence-electron chi connectivity index (χ1n) is 7.32. The van der Waals surface area contributed by atoms with Gasteiger partial charge in [-0.05, 0) is 33.6 Å². The van der Waals surface area contributed by atoms with Crippen LogP contribution in [0.4, 0.5) is 0 Å². The van der Waals surface area contributed by atoms with E-state index in [1.54, 1.807) is 6.92 Å². The van der Waals surface area contributed by atoms with Gasteiger partial charge in [-0.3, -0.25) is 9.69 Å². The molecule has 1 rings (SSSR count). The third-order valence-electron chi connectivity index (χ3n) is 4.14. The Hall–Kier alpha value is -1.12. The van der Waals surface area contributed by atoms with Gasteiger partial charge >= 0.3 is 0 Å². The fourth-order valence-electron chi connectivity index (χ4n) is 2.36. The predicted octanol–water partition coefficient (Wildman–Crippen LogP) is 1.54. The second kappa shape index (κ2) is 6.55. The summed E-state index contributed by atoms with van der Waals surface area (Å²) in [6, 6.07) is 1.95. The Morgan fingerprint density at radius 2 is 1.85 bits per heavy atom. The summed E-state index contributed by atoms with van der Waals surface area (Å²) >= 11 is 0. The van der Waals surface area contributed by atoms with E-state index in [-0.39, 0.29) is 30.1 Å². The first kappa shape index (κ1) is 16.9. The molecule has 1 fully saturated rings. The van der Waals surface area contributed by atoms with Gasteiger partial charge in [0.2, 0.25) is 5.91 Å². The second-order valence-corrected chi connectivity index (χ2v) is 6.35. The Morgan fingerprint density at radius 1 is 1.35 bits per heavy atom. The fourth-order valence-corrected chi connectivity index (χ4v) is 2.36. The molecular formula is C15H27N3O2. The summed E-state index contributed by atoms with van der Waals surface area (Å²) in [4.78, 5) is 14.5. The number of morpholine rings is 1. The van der Waals surface area contributed by atoms with Crippen molar-refractivity contribution in [2.24, 2.45) is 5.92 Å². The van der Waals surface area contributed by atoms with Crippen LogP contribution in [0.5, 0.6) is 0 Å². The Kier molecular flexibility index (Phi) is 5.55. The number of hydrogen-bond donors (Lipinski definition) is 1. The number of amides is 1. The van der Waals surface area contributed by atoms with Gasteiger partial charge in [0.05, 0.1) is 24.3 Å². The van der Waals surface area contributed by atoms with E-state index < -0.39 is 5.54 Å². The van der Waals surface area contributed by atoms with Gasteiger partial charge < -0.3 is 10.1 Å². The molecule has 1 heterocycles. The lowest BCUT2D eigenvalue weighted by Crippen LogP contribution is -2.58. The minimum atomic E-state index is -0.825. The van der Waals surface area contributed by atoms with Crippen molar-refractivity contribution in [3.8, 4) is 6.07 Å². The molecule has 0 radical (unpaired) electrons. The summed E-state index contributed by atoms with van der Waals surface area (Å²) < 4.78 is 5.68. The molecule has 0 spiro atoms. The van der Waals surface area contributed by atoms with Crippen molar-refractivity contribution in [3.63, 3.8) is 0 Å². The first-order chi connectivity index (χ1) is 9.19. The van der Waals surface area contributed by atoms with Crippen LogP contribution in [0.3, 0.4) is 0 Å². The number of ether oxygens (including phenoxy) is 1. The molecule has 0 aromatic rings. The van der Waals surface area contributed by atoms with Gasteiger partial charge in [0.1, 0.15) is 5.54 Å². The predicted molar refractivity (Wildman–Crippen MR) is 78.0 cm³/mol. The average Bonchev–Trinajstić information content (AvgIpc) is 2.36. The molecule has 1 saturated heterocycles. The smallest absolute Gasteiger partial charge is 0.238 e. The molecule has 1 aliphatic rings. The molecule has 0 aliphatic carbocycles. The zero-order chi connectivity index (χ0) is 15.5. The highest BCUT2D eigenvalue weighted by Crippen LogP contribution is 2.18. The summed E-state index contributed by atoms with van der Waals surface area (Å²) in [6.45, 7) is 13.0. The highest BCUT2D eigenvalue weighted by molar-refractivity contribution is 5.82. The quantitative estimate of drug-likeness (QED) is 0.849. The molecular weight excluding hydrogens is 254 g/mol. The molecule has 1 N–H and O–H groups in total. The van der Waals surface area contributed by atoms with Crippen LogP contribution >= 0.6 is 0 Å². The van der Waals surface area contributed by atoms with Crippen LogP contribution in [-0.4, -0.2) is 47.7 Å². The van der Waals surface area contributed by atoms with Crippen LogP contribution in [0, 0.1) is 17.2 Å². The summed E-state index contributed by atoms with van der Waals surface area (Å²) in [5.41, 5.74) is -0.825. The third-order valence-corrected chi connectivity index (χ3v) is 4.14. The number of nitriles is 1. The maximum absolute atomic E-state index is 12.4. The maximum atomic E-state index is 12.4. The van der Waals surface area contributed by atoms with Crippen LogP contribution in [0.2, 0.25) is 0 Å². The molecule has 1 aliphatic heterocycles. The zero-order valence-electron chi connectivity index (χ0n) is 13.4. The SMILES string of the molecule is CC1CN(C(C)C(=O)NC(C)(C#N)C(C)C)CC(C)O1. The summed E-state index contributed by atoms with van der Waals surface area (Å²) in [5, 5.41) is 12.2. The molecule has 0 aromatic carbocycles. The lowest BCUT2D eigenvalue weighted by molar-refractivity contribution is -0.133.